The van der Waals surface area contributed by atoms with Crippen molar-refractivity contribution >= 4 is 17.6 Å². The van der Waals surface area contributed by atoms with Crippen molar-refractivity contribution < 1.29 is 19.1 Å². The van der Waals surface area contributed by atoms with Gasteiger partial charge in [0.1, 0.15) is 11.2 Å². The third kappa shape index (κ3) is 1.96. The van der Waals surface area contributed by atoms with Crippen LogP contribution in [-0.4, -0.2) is 17.0 Å². The molecule has 0 radical (unpaired) electrons. The highest BCUT2D eigenvalue weighted by atomic mass is 19.1. The van der Waals surface area contributed by atoms with Crippen LogP contribution in [0.1, 0.15) is 24.8 Å². The maximum atomic E-state index is 13.6. The van der Waals surface area contributed by atoms with Crippen LogP contribution in [0, 0.1) is 18.2 Å². The van der Waals surface area contributed by atoms with E-state index in [0.29, 0.717) is 19.3 Å². The second-order valence-electron chi connectivity index (χ2n) is 4.68. The fourth-order valence-electron chi connectivity index (χ4n) is 2.03. The monoisotopic (exact) mass is 251 g/mol. The maximum Gasteiger partial charge on any atom is 0.319 e. The van der Waals surface area contributed by atoms with Crippen molar-refractivity contribution in [3.05, 3.63) is 29.6 Å². The van der Waals surface area contributed by atoms with Crippen LogP contribution in [0.25, 0.3) is 0 Å². The predicted molar refractivity (Wildman–Crippen MR) is 63.7 cm³/mol. The lowest BCUT2D eigenvalue weighted by Crippen LogP contribution is -2.48. The number of carboxylic acids is 1. The van der Waals surface area contributed by atoms with E-state index < -0.39 is 23.1 Å². The summed E-state index contributed by atoms with van der Waals surface area (Å²) < 4.78 is 13.6. The molecule has 0 aliphatic heterocycles. The first kappa shape index (κ1) is 12.5. The second kappa shape index (κ2) is 4.40. The van der Waals surface area contributed by atoms with Gasteiger partial charge in [0, 0.05) is 0 Å². The lowest BCUT2D eigenvalue weighted by atomic mass is 9.68. The molecule has 18 heavy (non-hydrogen) atoms. The van der Waals surface area contributed by atoms with Gasteiger partial charge in [0.05, 0.1) is 5.69 Å². The first-order valence-corrected chi connectivity index (χ1v) is 5.77. The highest BCUT2D eigenvalue weighted by Gasteiger charge is 2.51. The van der Waals surface area contributed by atoms with Gasteiger partial charge in [0.15, 0.2) is 0 Å². The number of anilines is 1. The average Bonchev–Trinajstić information content (AvgIpc) is 2.19. The molecule has 1 aromatic carbocycles. The van der Waals surface area contributed by atoms with E-state index in [0.717, 1.165) is 5.56 Å². The van der Waals surface area contributed by atoms with Gasteiger partial charge in [-0.1, -0.05) is 12.5 Å². The van der Waals surface area contributed by atoms with Crippen LogP contribution in [0.4, 0.5) is 10.1 Å². The number of hydrogen-bond acceptors (Lipinski definition) is 2. The number of benzene rings is 1. The van der Waals surface area contributed by atoms with Crippen molar-refractivity contribution in [3.8, 4) is 0 Å². The van der Waals surface area contributed by atoms with E-state index >= 15 is 0 Å². The van der Waals surface area contributed by atoms with Crippen molar-refractivity contribution in [2.75, 3.05) is 5.32 Å². The topological polar surface area (TPSA) is 66.4 Å². The molecule has 0 atom stereocenters. The molecule has 2 N–H and O–H groups in total. The molecule has 1 amide bonds. The summed E-state index contributed by atoms with van der Waals surface area (Å²) in [6.45, 7) is 1.74. The van der Waals surface area contributed by atoms with Crippen LogP contribution in [-0.2, 0) is 9.59 Å². The fraction of sp³-hybridized carbons (Fsp3) is 0.385. The van der Waals surface area contributed by atoms with Gasteiger partial charge in [0.2, 0.25) is 5.91 Å². The number of hydrogen-bond donors (Lipinski definition) is 2. The van der Waals surface area contributed by atoms with Gasteiger partial charge in [-0.05, 0) is 37.5 Å². The molecule has 4 nitrogen and oxygen atoms in total. The first-order valence-electron chi connectivity index (χ1n) is 5.77. The Morgan fingerprint density at radius 1 is 1.39 bits per heavy atom. The van der Waals surface area contributed by atoms with Crippen molar-refractivity contribution in [2.45, 2.75) is 26.2 Å². The quantitative estimate of drug-likeness (QED) is 0.810. The normalized spacial score (nSPS) is 16.8. The van der Waals surface area contributed by atoms with Gasteiger partial charge in [0.25, 0.3) is 0 Å². The smallest absolute Gasteiger partial charge is 0.319 e. The number of carboxylic acid groups (broad SMARTS) is 1. The van der Waals surface area contributed by atoms with E-state index in [9.17, 15) is 14.0 Å². The maximum absolute atomic E-state index is 13.6. The lowest BCUT2D eigenvalue weighted by molar-refractivity contribution is -0.159. The highest BCUT2D eigenvalue weighted by molar-refractivity contribution is 6.09. The van der Waals surface area contributed by atoms with Crippen molar-refractivity contribution in [2.24, 2.45) is 5.41 Å². The number of aryl methyl sites for hydroxylation is 1. The third-order valence-corrected chi connectivity index (χ3v) is 3.42. The van der Waals surface area contributed by atoms with Crippen LogP contribution < -0.4 is 5.32 Å². The zero-order chi connectivity index (χ0) is 13.3. The number of carbonyl (C=O) groups is 2. The number of nitrogens with one attached hydrogen (secondary N) is 1. The molecule has 0 unspecified atom stereocenters. The number of carbonyl (C=O) groups excluding carboxylic acids is 1. The Morgan fingerprint density at radius 2 is 2.06 bits per heavy atom. The summed E-state index contributed by atoms with van der Waals surface area (Å²) in [5, 5.41) is 11.5. The van der Waals surface area contributed by atoms with Crippen molar-refractivity contribution in [3.63, 3.8) is 0 Å². The third-order valence-electron chi connectivity index (χ3n) is 3.42. The molecule has 0 aromatic heterocycles. The molecule has 1 aromatic rings. The van der Waals surface area contributed by atoms with E-state index in [1.807, 2.05) is 0 Å². The predicted octanol–water partition coefficient (Wildman–Crippen LogP) is 2.33. The number of amides is 1. The van der Waals surface area contributed by atoms with Crippen LogP contribution in [0.15, 0.2) is 18.2 Å². The Hall–Kier alpha value is -1.91. The van der Waals surface area contributed by atoms with E-state index in [1.165, 1.54) is 12.1 Å². The van der Waals surface area contributed by atoms with Crippen molar-refractivity contribution in [1.82, 2.24) is 0 Å². The first-order chi connectivity index (χ1) is 8.45. The number of halogens is 1. The molecule has 0 bridgehead atoms. The summed E-state index contributed by atoms with van der Waals surface area (Å²) in [4.78, 5) is 23.1. The van der Waals surface area contributed by atoms with E-state index in [2.05, 4.69) is 5.32 Å². The Morgan fingerprint density at radius 3 is 2.50 bits per heavy atom. The molecule has 5 heteroatoms. The molecule has 96 valence electrons. The van der Waals surface area contributed by atoms with Crippen LogP contribution in [0.3, 0.4) is 0 Å². The van der Waals surface area contributed by atoms with Gasteiger partial charge in [-0.15, -0.1) is 0 Å². The molecule has 1 saturated carbocycles. The number of aliphatic carboxylic acids is 1. The minimum atomic E-state index is -1.38. The van der Waals surface area contributed by atoms with Crippen LogP contribution in [0.2, 0.25) is 0 Å². The molecule has 1 aliphatic rings. The van der Waals surface area contributed by atoms with Gasteiger partial charge in [-0.3, -0.25) is 9.59 Å². The van der Waals surface area contributed by atoms with Gasteiger partial charge < -0.3 is 10.4 Å². The van der Waals surface area contributed by atoms with Crippen LogP contribution >= 0.6 is 0 Å². The Balaban J connectivity index is 2.19. The SMILES string of the molecule is Cc1ccc(NC(=O)C2(C(=O)O)CCC2)c(F)c1. The summed E-state index contributed by atoms with van der Waals surface area (Å²) in [5.74, 6) is -2.33. The van der Waals surface area contributed by atoms with E-state index in [-0.39, 0.29) is 5.69 Å². The summed E-state index contributed by atoms with van der Waals surface area (Å²) >= 11 is 0. The standard InChI is InChI=1S/C13H14FNO3/c1-8-3-4-10(9(14)7-8)15-11(16)13(12(17)18)5-2-6-13/h3-4,7H,2,5-6H2,1H3,(H,15,16)(H,17,18). The van der Waals surface area contributed by atoms with Gasteiger partial charge in [-0.25, -0.2) is 4.39 Å². The molecule has 1 aliphatic carbocycles. The lowest BCUT2D eigenvalue weighted by Gasteiger charge is -2.35. The Kier molecular flexibility index (Phi) is 3.07. The highest BCUT2D eigenvalue weighted by Crippen LogP contribution is 2.42. The van der Waals surface area contributed by atoms with Gasteiger partial charge >= 0.3 is 5.97 Å². The van der Waals surface area contributed by atoms with Gasteiger partial charge in [-0.2, -0.15) is 0 Å². The zero-order valence-corrected chi connectivity index (χ0v) is 10.00. The Labute approximate surface area is 104 Å². The largest absolute Gasteiger partial charge is 0.480 e. The molecule has 0 spiro atoms. The molecule has 0 saturated heterocycles. The molecular formula is C13H14FNO3. The number of rotatable bonds is 3. The summed E-state index contributed by atoms with van der Waals surface area (Å²) in [6, 6.07) is 4.40. The summed E-state index contributed by atoms with van der Waals surface area (Å²) in [7, 11) is 0. The molecule has 2 rings (SSSR count). The fourth-order valence-corrected chi connectivity index (χ4v) is 2.03. The minimum Gasteiger partial charge on any atom is -0.480 e. The van der Waals surface area contributed by atoms with Crippen molar-refractivity contribution in [1.29, 1.82) is 0 Å². The molecule has 1 fully saturated rings. The van der Waals surface area contributed by atoms with E-state index in [1.54, 1.807) is 13.0 Å². The minimum absolute atomic E-state index is 0.0260. The van der Waals surface area contributed by atoms with Crippen LogP contribution in [0.5, 0.6) is 0 Å². The zero-order valence-electron chi connectivity index (χ0n) is 10.00. The van der Waals surface area contributed by atoms with E-state index in [4.69, 9.17) is 5.11 Å². The molecule has 0 heterocycles. The summed E-state index contributed by atoms with van der Waals surface area (Å²) in [5.41, 5.74) is -0.614. The molecular weight excluding hydrogens is 237 g/mol. The average molecular weight is 251 g/mol. The Bertz CT molecular complexity index is 509. The second-order valence-corrected chi connectivity index (χ2v) is 4.68. The summed E-state index contributed by atoms with van der Waals surface area (Å²) in [6.07, 6.45) is 1.32.